The Labute approximate surface area is 170 Å². The zero-order valence-corrected chi connectivity index (χ0v) is 16.4. The zero-order chi connectivity index (χ0) is 20.5. The van der Waals surface area contributed by atoms with Gasteiger partial charge >= 0.3 is 0 Å². The van der Waals surface area contributed by atoms with Crippen LogP contribution in [0.25, 0.3) is 0 Å². The summed E-state index contributed by atoms with van der Waals surface area (Å²) in [5.41, 5.74) is 6.55. The van der Waals surface area contributed by atoms with Gasteiger partial charge in [-0.25, -0.2) is 0 Å². The van der Waals surface area contributed by atoms with E-state index in [4.69, 9.17) is 9.47 Å². The predicted molar refractivity (Wildman–Crippen MR) is 116 cm³/mol. The van der Waals surface area contributed by atoms with Crippen LogP contribution in [0.2, 0.25) is 0 Å². The molecule has 0 bridgehead atoms. The lowest BCUT2D eigenvalue weighted by Gasteiger charge is -2.11. The van der Waals surface area contributed by atoms with Crippen molar-refractivity contribution in [3.05, 3.63) is 83.9 Å². The summed E-state index contributed by atoms with van der Waals surface area (Å²) in [6.45, 7) is 1.88. The van der Waals surface area contributed by atoms with Gasteiger partial charge in [-0.05, 0) is 55.0 Å². The number of hydrazone groups is 1. The normalized spacial score (nSPS) is 10.6. The van der Waals surface area contributed by atoms with Crippen molar-refractivity contribution < 1.29 is 14.3 Å². The minimum absolute atomic E-state index is 0.118. The third kappa shape index (κ3) is 6.10. The molecule has 0 unspecified atom stereocenters. The number of hydrogen-bond donors (Lipinski definition) is 2. The van der Waals surface area contributed by atoms with Crippen LogP contribution < -0.4 is 20.2 Å². The molecule has 2 N–H and O–H groups in total. The van der Waals surface area contributed by atoms with Gasteiger partial charge in [0.2, 0.25) is 0 Å². The van der Waals surface area contributed by atoms with Gasteiger partial charge in [0.15, 0.2) is 18.1 Å². The highest BCUT2D eigenvalue weighted by Gasteiger charge is 2.09. The fourth-order valence-electron chi connectivity index (χ4n) is 2.56. The molecule has 1 amide bonds. The number of benzene rings is 3. The van der Waals surface area contributed by atoms with Gasteiger partial charge in [0, 0.05) is 5.69 Å². The van der Waals surface area contributed by atoms with E-state index < -0.39 is 0 Å². The average Bonchev–Trinajstić information content (AvgIpc) is 2.75. The van der Waals surface area contributed by atoms with E-state index in [0.717, 1.165) is 22.5 Å². The molecule has 0 aliphatic heterocycles. The summed E-state index contributed by atoms with van der Waals surface area (Å²) in [4.78, 5) is 12.1. The fraction of sp³-hybridized carbons (Fsp3) is 0.130. The number of carbonyl (C=O) groups excluding carboxylic acids is 1. The molecule has 0 fully saturated rings. The SMILES string of the molecule is COc1cc(/C=N\Nc2ccccc2)ccc1OCC(=O)Nc1ccc(C)cc1. The monoisotopic (exact) mass is 389 g/mol. The van der Waals surface area contributed by atoms with Gasteiger partial charge in [0.1, 0.15) is 0 Å². The number of amides is 1. The Balaban J connectivity index is 1.56. The van der Waals surface area contributed by atoms with Crippen LogP contribution >= 0.6 is 0 Å². The summed E-state index contributed by atoms with van der Waals surface area (Å²) in [5.74, 6) is 0.769. The second-order valence-corrected chi connectivity index (χ2v) is 6.35. The van der Waals surface area contributed by atoms with E-state index in [1.54, 1.807) is 25.5 Å². The van der Waals surface area contributed by atoms with Gasteiger partial charge in [-0.1, -0.05) is 35.9 Å². The first kappa shape index (κ1) is 19.9. The minimum atomic E-state index is -0.242. The first-order valence-corrected chi connectivity index (χ1v) is 9.15. The Hall–Kier alpha value is -3.80. The number of para-hydroxylation sites is 1. The van der Waals surface area contributed by atoms with Crippen molar-refractivity contribution in [2.24, 2.45) is 5.10 Å². The standard InChI is InChI=1S/C23H23N3O3/c1-17-8-11-19(12-9-17)25-23(27)16-29-21-13-10-18(14-22(21)28-2)15-24-26-20-6-4-3-5-7-20/h3-15,26H,16H2,1-2H3,(H,25,27)/b24-15-. The van der Waals surface area contributed by atoms with Crippen molar-refractivity contribution in [1.82, 2.24) is 0 Å². The number of rotatable bonds is 8. The molecule has 0 atom stereocenters. The summed E-state index contributed by atoms with van der Waals surface area (Å²) in [6, 6.07) is 22.6. The maximum Gasteiger partial charge on any atom is 0.262 e. The van der Waals surface area contributed by atoms with Crippen molar-refractivity contribution >= 4 is 23.5 Å². The molecule has 0 aromatic heterocycles. The predicted octanol–water partition coefficient (Wildman–Crippen LogP) is 4.47. The van der Waals surface area contributed by atoms with Crippen molar-refractivity contribution in [2.45, 2.75) is 6.92 Å². The molecule has 3 rings (SSSR count). The van der Waals surface area contributed by atoms with Gasteiger partial charge in [0.05, 0.1) is 19.0 Å². The van der Waals surface area contributed by atoms with Crippen LogP contribution in [-0.2, 0) is 4.79 Å². The first-order valence-electron chi connectivity index (χ1n) is 9.15. The second kappa shape index (κ2) is 9.94. The smallest absolute Gasteiger partial charge is 0.262 e. The van der Waals surface area contributed by atoms with Crippen molar-refractivity contribution in [2.75, 3.05) is 24.5 Å². The van der Waals surface area contributed by atoms with E-state index in [9.17, 15) is 4.79 Å². The molecule has 0 aliphatic rings. The molecular formula is C23H23N3O3. The summed E-state index contributed by atoms with van der Waals surface area (Å²) in [5, 5.41) is 7.01. The Bertz CT molecular complexity index is 970. The number of carbonyl (C=O) groups is 1. The number of aryl methyl sites for hydroxylation is 1. The lowest BCUT2D eigenvalue weighted by molar-refractivity contribution is -0.118. The molecule has 0 heterocycles. The average molecular weight is 389 g/mol. The van der Waals surface area contributed by atoms with Gasteiger partial charge in [-0.2, -0.15) is 5.10 Å². The third-order valence-corrected chi connectivity index (χ3v) is 4.06. The van der Waals surface area contributed by atoms with Gasteiger partial charge in [-0.15, -0.1) is 0 Å². The van der Waals surface area contributed by atoms with Crippen LogP contribution in [0.5, 0.6) is 11.5 Å². The van der Waals surface area contributed by atoms with Gasteiger partial charge in [0.25, 0.3) is 5.91 Å². The molecule has 0 saturated carbocycles. The highest BCUT2D eigenvalue weighted by Crippen LogP contribution is 2.27. The second-order valence-electron chi connectivity index (χ2n) is 6.35. The van der Waals surface area contributed by atoms with Gasteiger partial charge in [-0.3, -0.25) is 10.2 Å². The van der Waals surface area contributed by atoms with E-state index in [0.29, 0.717) is 11.5 Å². The lowest BCUT2D eigenvalue weighted by Crippen LogP contribution is -2.20. The number of methoxy groups -OCH3 is 1. The molecule has 0 spiro atoms. The quantitative estimate of drug-likeness (QED) is 0.441. The molecule has 0 saturated heterocycles. The molecule has 3 aromatic rings. The van der Waals surface area contributed by atoms with E-state index in [-0.39, 0.29) is 12.5 Å². The topological polar surface area (TPSA) is 71.9 Å². The Morgan fingerprint density at radius 3 is 2.45 bits per heavy atom. The van der Waals surface area contributed by atoms with E-state index in [1.807, 2.05) is 67.6 Å². The van der Waals surface area contributed by atoms with Crippen LogP contribution in [0.4, 0.5) is 11.4 Å². The van der Waals surface area contributed by atoms with Crippen molar-refractivity contribution in [3.63, 3.8) is 0 Å². The fourth-order valence-corrected chi connectivity index (χ4v) is 2.56. The molecule has 6 nitrogen and oxygen atoms in total. The first-order chi connectivity index (χ1) is 14.1. The van der Waals surface area contributed by atoms with Crippen LogP contribution in [-0.4, -0.2) is 25.8 Å². The molecule has 0 aliphatic carbocycles. The maximum absolute atomic E-state index is 12.1. The maximum atomic E-state index is 12.1. The number of nitrogens with zero attached hydrogens (tertiary/aromatic N) is 1. The summed E-state index contributed by atoms with van der Waals surface area (Å²) < 4.78 is 11.0. The van der Waals surface area contributed by atoms with Crippen LogP contribution in [0.15, 0.2) is 77.9 Å². The largest absolute Gasteiger partial charge is 0.493 e. The summed E-state index contributed by atoms with van der Waals surface area (Å²) in [7, 11) is 1.55. The minimum Gasteiger partial charge on any atom is -0.493 e. The number of ether oxygens (including phenoxy) is 2. The highest BCUT2D eigenvalue weighted by atomic mass is 16.5. The zero-order valence-electron chi connectivity index (χ0n) is 16.4. The molecule has 148 valence electrons. The lowest BCUT2D eigenvalue weighted by atomic mass is 10.2. The molecule has 3 aromatic carbocycles. The number of nitrogens with one attached hydrogen (secondary N) is 2. The third-order valence-electron chi connectivity index (χ3n) is 4.06. The molecule has 6 heteroatoms. The summed E-state index contributed by atoms with van der Waals surface area (Å²) >= 11 is 0. The van der Waals surface area contributed by atoms with Crippen LogP contribution in [0, 0.1) is 6.92 Å². The van der Waals surface area contributed by atoms with Crippen LogP contribution in [0.3, 0.4) is 0 Å². The van der Waals surface area contributed by atoms with Crippen molar-refractivity contribution in [1.29, 1.82) is 0 Å². The number of hydrogen-bond acceptors (Lipinski definition) is 5. The Morgan fingerprint density at radius 1 is 0.966 bits per heavy atom. The molecular weight excluding hydrogens is 366 g/mol. The van der Waals surface area contributed by atoms with Crippen LogP contribution in [0.1, 0.15) is 11.1 Å². The Kier molecular flexibility index (Phi) is 6.84. The van der Waals surface area contributed by atoms with Gasteiger partial charge < -0.3 is 14.8 Å². The number of anilines is 2. The van der Waals surface area contributed by atoms with E-state index in [2.05, 4.69) is 15.8 Å². The highest BCUT2D eigenvalue weighted by molar-refractivity contribution is 5.92. The van der Waals surface area contributed by atoms with E-state index in [1.165, 1.54) is 0 Å². The molecule has 29 heavy (non-hydrogen) atoms. The summed E-state index contributed by atoms with van der Waals surface area (Å²) in [6.07, 6.45) is 1.68. The Morgan fingerprint density at radius 2 is 1.72 bits per heavy atom. The van der Waals surface area contributed by atoms with Crippen molar-refractivity contribution in [3.8, 4) is 11.5 Å². The molecule has 0 radical (unpaired) electrons. The van der Waals surface area contributed by atoms with E-state index >= 15 is 0 Å².